The second-order valence-electron chi connectivity index (χ2n) is 9.49. The molecule has 4 rings (SSSR count). The van der Waals surface area contributed by atoms with E-state index in [0.717, 1.165) is 32.1 Å². The van der Waals surface area contributed by atoms with Crippen LogP contribution in [0, 0.1) is 28.6 Å². The van der Waals surface area contributed by atoms with Crippen molar-refractivity contribution in [2.75, 3.05) is 0 Å². The van der Waals surface area contributed by atoms with E-state index in [2.05, 4.69) is 6.92 Å². The first-order valence-corrected chi connectivity index (χ1v) is 9.82. The number of aliphatic hydroxyl groups excluding tert-OH is 1. The summed E-state index contributed by atoms with van der Waals surface area (Å²) in [6, 6.07) is 0. The molecular weight excluding hydrogens is 316 g/mol. The van der Waals surface area contributed by atoms with Crippen molar-refractivity contribution in [1.82, 2.24) is 0 Å². The van der Waals surface area contributed by atoms with E-state index in [1.807, 2.05) is 13.0 Å². The van der Waals surface area contributed by atoms with E-state index in [4.69, 9.17) is 0 Å². The maximum Gasteiger partial charge on any atom is 0.167 e. The topological polar surface area (TPSA) is 74.6 Å². The maximum atomic E-state index is 12.7. The van der Waals surface area contributed by atoms with Gasteiger partial charge >= 0.3 is 0 Å². The molecule has 2 N–H and O–H groups in total. The number of fused-ring (bicyclic) bond motifs is 5. The largest absolute Gasteiger partial charge is 0.390 e. The standard InChI is InChI=1S/C21H30O4/c1-12(22)21(25)18(24)11-17-15-5-4-13-10-14(23)6-8-19(13,2)16(15)7-9-20(17,21)3/h10,12,15-17,22,25H,4-9,11H2,1-3H3/t12-,15+,16-,17+,19-,20-,21+/m0/s1. The number of hydrogen-bond acceptors (Lipinski definition) is 4. The van der Waals surface area contributed by atoms with Gasteiger partial charge in [-0.1, -0.05) is 19.4 Å². The van der Waals surface area contributed by atoms with Crippen molar-refractivity contribution < 1.29 is 19.8 Å². The van der Waals surface area contributed by atoms with Crippen molar-refractivity contribution in [2.45, 2.75) is 77.4 Å². The van der Waals surface area contributed by atoms with E-state index in [1.54, 1.807) is 6.92 Å². The third-order valence-corrected chi connectivity index (χ3v) is 8.66. The number of carbonyl (C=O) groups excluding carboxylic acids is 2. The molecule has 0 amide bonds. The fourth-order valence-electron chi connectivity index (χ4n) is 7.11. The quantitative estimate of drug-likeness (QED) is 0.766. The summed E-state index contributed by atoms with van der Waals surface area (Å²) in [6.07, 6.45) is 6.42. The van der Waals surface area contributed by atoms with Gasteiger partial charge in [-0.3, -0.25) is 9.59 Å². The van der Waals surface area contributed by atoms with Crippen LogP contribution in [0.4, 0.5) is 0 Å². The predicted octanol–water partition coefficient (Wildman–Crippen LogP) is 2.81. The lowest BCUT2D eigenvalue weighted by atomic mass is 9.46. The minimum Gasteiger partial charge on any atom is -0.390 e. The van der Waals surface area contributed by atoms with Gasteiger partial charge in [0.2, 0.25) is 0 Å². The first-order valence-electron chi connectivity index (χ1n) is 9.82. The van der Waals surface area contributed by atoms with Crippen LogP contribution >= 0.6 is 0 Å². The molecule has 3 saturated carbocycles. The van der Waals surface area contributed by atoms with E-state index in [-0.39, 0.29) is 22.9 Å². The van der Waals surface area contributed by atoms with Gasteiger partial charge in [0.1, 0.15) is 0 Å². The van der Waals surface area contributed by atoms with Crippen LogP contribution < -0.4 is 0 Å². The van der Waals surface area contributed by atoms with Gasteiger partial charge in [-0.25, -0.2) is 0 Å². The van der Waals surface area contributed by atoms with Crippen LogP contribution in [0.5, 0.6) is 0 Å². The first-order chi connectivity index (χ1) is 11.6. The summed E-state index contributed by atoms with van der Waals surface area (Å²) in [4.78, 5) is 24.6. The Bertz CT molecular complexity index is 665. The van der Waals surface area contributed by atoms with Crippen LogP contribution in [0.25, 0.3) is 0 Å². The molecule has 0 aliphatic heterocycles. The van der Waals surface area contributed by atoms with Crippen molar-refractivity contribution >= 4 is 11.6 Å². The molecule has 3 fully saturated rings. The van der Waals surface area contributed by atoms with Gasteiger partial charge in [-0.15, -0.1) is 0 Å². The summed E-state index contributed by atoms with van der Waals surface area (Å²) >= 11 is 0. The molecule has 0 unspecified atom stereocenters. The molecule has 0 aromatic rings. The zero-order valence-electron chi connectivity index (χ0n) is 15.5. The summed E-state index contributed by atoms with van der Waals surface area (Å²) in [5.41, 5.74) is -0.778. The summed E-state index contributed by atoms with van der Waals surface area (Å²) in [5, 5.41) is 21.4. The Balaban J connectivity index is 1.72. The van der Waals surface area contributed by atoms with Gasteiger partial charge in [0, 0.05) is 18.3 Å². The van der Waals surface area contributed by atoms with Crippen molar-refractivity contribution in [3.8, 4) is 0 Å². The second kappa shape index (κ2) is 5.26. The first kappa shape index (κ1) is 17.4. The average Bonchev–Trinajstić information content (AvgIpc) is 2.77. The Kier molecular flexibility index (Phi) is 3.66. The summed E-state index contributed by atoms with van der Waals surface area (Å²) in [7, 11) is 0. The van der Waals surface area contributed by atoms with Crippen LogP contribution in [0.2, 0.25) is 0 Å². The summed E-state index contributed by atoms with van der Waals surface area (Å²) < 4.78 is 0. The molecule has 4 aliphatic carbocycles. The van der Waals surface area contributed by atoms with E-state index in [0.29, 0.717) is 24.7 Å². The highest BCUT2D eigenvalue weighted by Gasteiger charge is 2.69. The molecule has 0 saturated heterocycles. The molecule has 4 nitrogen and oxygen atoms in total. The third-order valence-electron chi connectivity index (χ3n) is 8.66. The minimum absolute atomic E-state index is 0.0622. The number of aliphatic hydroxyl groups is 2. The third kappa shape index (κ3) is 2.01. The van der Waals surface area contributed by atoms with Gasteiger partial charge in [0.05, 0.1) is 6.10 Å². The molecule has 7 atom stereocenters. The van der Waals surface area contributed by atoms with Crippen molar-refractivity contribution in [2.24, 2.45) is 28.6 Å². The smallest absolute Gasteiger partial charge is 0.167 e. The maximum absolute atomic E-state index is 12.7. The van der Waals surface area contributed by atoms with Gasteiger partial charge in [-0.05, 0) is 68.3 Å². The van der Waals surface area contributed by atoms with Crippen LogP contribution in [-0.4, -0.2) is 33.5 Å². The van der Waals surface area contributed by atoms with E-state index in [9.17, 15) is 19.8 Å². The van der Waals surface area contributed by atoms with E-state index in [1.165, 1.54) is 5.57 Å². The van der Waals surface area contributed by atoms with E-state index < -0.39 is 17.1 Å². The molecule has 138 valence electrons. The second-order valence-corrected chi connectivity index (χ2v) is 9.49. The van der Waals surface area contributed by atoms with Crippen LogP contribution in [0.15, 0.2) is 11.6 Å². The molecule has 0 radical (unpaired) electrons. The molecule has 0 heterocycles. The van der Waals surface area contributed by atoms with Gasteiger partial charge in [0.25, 0.3) is 0 Å². The minimum atomic E-state index is -1.61. The normalized spacial score (nSPS) is 50.6. The SMILES string of the molecule is C[C@H](O)[C@@]1(O)C(=O)C[C@@H]2[C@@H]3CCC4=CC(=O)CC[C@]4(C)[C@H]3CC[C@@]21C. The number of Topliss-reactive ketones (excluding diaryl/α,β-unsaturated/α-hetero) is 1. The molecule has 0 spiro atoms. The lowest BCUT2D eigenvalue weighted by Crippen LogP contribution is -2.60. The Morgan fingerprint density at radius 3 is 2.52 bits per heavy atom. The number of ketones is 2. The Hall–Kier alpha value is -1.00. The Morgan fingerprint density at radius 1 is 1.12 bits per heavy atom. The van der Waals surface area contributed by atoms with Crippen molar-refractivity contribution in [3.63, 3.8) is 0 Å². The van der Waals surface area contributed by atoms with Crippen molar-refractivity contribution in [3.05, 3.63) is 11.6 Å². The Labute approximate surface area is 149 Å². The molecule has 0 bridgehead atoms. The van der Waals surface area contributed by atoms with Crippen LogP contribution in [0.3, 0.4) is 0 Å². The number of hydrogen-bond donors (Lipinski definition) is 2. The highest BCUT2D eigenvalue weighted by molar-refractivity contribution is 5.92. The van der Waals surface area contributed by atoms with Gasteiger partial charge < -0.3 is 10.2 Å². The number of allylic oxidation sites excluding steroid dienone is 1. The Morgan fingerprint density at radius 2 is 1.84 bits per heavy atom. The molecule has 0 aromatic heterocycles. The lowest BCUT2D eigenvalue weighted by molar-refractivity contribution is -0.179. The zero-order chi connectivity index (χ0) is 18.2. The number of carbonyl (C=O) groups is 2. The molecule has 4 heteroatoms. The van der Waals surface area contributed by atoms with Gasteiger partial charge in [0.15, 0.2) is 17.2 Å². The number of rotatable bonds is 1. The highest BCUT2D eigenvalue weighted by Crippen LogP contribution is 2.67. The average molecular weight is 346 g/mol. The van der Waals surface area contributed by atoms with E-state index >= 15 is 0 Å². The molecule has 4 aliphatic rings. The fraction of sp³-hybridized carbons (Fsp3) is 0.810. The molecular formula is C21H30O4. The van der Waals surface area contributed by atoms with Crippen LogP contribution in [-0.2, 0) is 9.59 Å². The van der Waals surface area contributed by atoms with Gasteiger partial charge in [-0.2, -0.15) is 0 Å². The highest BCUT2D eigenvalue weighted by atomic mass is 16.4. The predicted molar refractivity (Wildman–Crippen MR) is 93.7 cm³/mol. The monoisotopic (exact) mass is 346 g/mol. The van der Waals surface area contributed by atoms with Crippen LogP contribution in [0.1, 0.15) is 65.7 Å². The molecule has 25 heavy (non-hydrogen) atoms. The van der Waals surface area contributed by atoms with Crippen molar-refractivity contribution in [1.29, 1.82) is 0 Å². The fourth-order valence-corrected chi connectivity index (χ4v) is 7.11. The zero-order valence-corrected chi connectivity index (χ0v) is 15.5. The summed E-state index contributed by atoms with van der Waals surface area (Å²) in [6.45, 7) is 5.87. The lowest BCUT2D eigenvalue weighted by Gasteiger charge is -2.59. The molecule has 0 aromatic carbocycles. The summed E-state index contributed by atoms with van der Waals surface area (Å²) in [5.74, 6) is 1.08.